The fraction of sp³-hybridized carbons (Fsp3) is 0.214. The topological polar surface area (TPSA) is 87.6 Å². The monoisotopic (exact) mass is 285 g/mol. The number of aromatic nitrogens is 4. The summed E-state index contributed by atoms with van der Waals surface area (Å²) in [4.78, 5) is 8.15. The quantitative estimate of drug-likeness (QED) is 0.787. The van der Waals surface area contributed by atoms with Crippen molar-refractivity contribution in [2.45, 2.75) is 13.0 Å². The number of methoxy groups -OCH3 is 1. The molecule has 1 atom stereocenters. The highest BCUT2D eigenvalue weighted by atomic mass is 16.5. The van der Waals surface area contributed by atoms with Crippen LogP contribution in [0.1, 0.15) is 18.7 Å². The highest BCUT2D eigenvalue weighted by molar-refractivity contribution is 5.36. The number of benzene rings is 1. The first kappa shape index (κ1) is 13.2. The maximum Gasteiger partial charge on any atom is 0.254 e. The molecule has 3 rings (SSSR count). The van der Waals surface area contributed by atoms with Crippen LogP contribution in [0.4, 0.5) is 5.95 Å². The summed E-state index contributed by atoms with van der Waals surface area (Å²) in [6.45, 7) is 1.92. The van der Waals surface area contributed by atoms with Crippen molar-refractivity contribution >= 4 is 11.7 Å². The van der Waals surface area contributed by atoms with Crippen LogP contribution < -0.4 is 15.2 Å². The first-order valence-corrected chi connectivity index (χ1v) is 6.45. The van der Waals surface area contributed by atoms with E-state index < -0.39 is 0 Å². The van der Waals surface area contributed by atoms with Crippen molar-refractivity contribution in [2.24, 2.45) is 0 Å². The lowest BCUT2D eigenvalue weighted by atomic mass is 10.2. The first-order valence-electron chi connectivity index (χ1n) is 6.45. The van der Waals surface area contributed by atoms with Gasteiger partial charge in [0.25, 0.3) is 5.78 Å². The number of nitrogens with two attached hydrogens (primary N) is 1. The predicted molar refractivity (Wildman–Crippen MR) is 77.2 cm³/mol. The molecule has 2 heterocycles. The molecule has 2 aromatic heterocycles. The van der Waals surface area contributed by atoms with Crippen LogP contribution in [-0.4, -0.2) is 26.7 Å². The second-order valence-corrected chi connectivity index (χ2v) is 4.49. The summed E-state index contributed by atoms with van der Waals surface area (Å²) in [6.07, 6.45) is 1.41. The van der Waals surface area contributed by atoms with Gasteiger partial charge in [-0.05, 0) is 25.1 Å². The molecule has 3 aromatic rings. The lowest BCUT2D eigenvalue weighted by molar-refractivity contribution is 0.218. The van der Waals surface area contributed by atoms with Crippen molar-refractivity contribution in [3.05, 3.63) is 42.2 Å². The fourth-order valence-corrected chi connectivity index (χ4v) is 2.07. The molecule has 1 aromatic carbocycles. The molecule has 0 aliphatic carbocycles. The summed E-state index contributed by atoms with van der Waals surface area (Å²) in [6, 6.07) is 9.25. The number of nitrogen functional groups attached to an aromatic ring is 1. The van der Waals surface area contributed by atoms with Crippen molar-refractivity contribution in [3.63, 3.8) is 0 Å². The van der Waals surface area contributed by atoms with E-state index in [1.807, 2.05) is 37.3 Å². The lowest BCUT2D eigenvalue weighted by Crippen LogP contribution is -2.10. The van der Waals surface area contributed by atoms with Crippen LogP contribution in [-0.2, 0) is 0 Å². The van der Waals surface area contributed by atoms with Gasteiger partial charge >= 0.3 is 0 Å². The number of anilines is 1. The fourth-order valence-electron chi connectivity index (χ4n) is 2.07. The van der Waals surface area contributed by atoms with E-state index >= 15 is 0 Å². The Morgan fingerprint density at radius 1 is 1.24 bits per heavy atom. The normalized spacial score (nSPS) is 12.3. The average Bonchev–Trinajstić information content (AvgIpc) is 2.87. The van der Waals surface area contributed by atoms with Crippen LogP contribution in [0.15, 0.2) is 36.5 Å². The Labute approximate surface area is 121 Å². The molecular weight excluding hydrogens is 270 g/mol. The van der Waals surface area contributed by atoms with Crippen molar-refractivity contribution in [1.82, 2.24) is 19.6 Å². The Hall–Kier alpha value is -2.83. The van der Waals surface area contributed by atoms with E-state index in [9.17, 15) is 0 Å². The zero-order valence-electron chi connectivity index (χ0n) is 11.7. The first-order chi connectivity index (χ1) is 10.2. The summed E-state index contributed by atoms with van der Waals surface area (Å²) >= 11 is 0. The van der Waals surface area contributed by atoms with Gasteiger partial charge in [0.15, 0.2) is 0 Å². The number of rotatable bonds is 4. The highest BCUT2D eigenvalue weighted by Gasteiger charge is 2.14. The third-order valence-electron chi connectivity index (χ3n) is 3.06. The van der Waals surface area contributed by atoms with Gasteiger partial charge < -0.3 is 15.2 Å². The molecule has 108 valence electrons. The SMILES string of the molecule is COc1cccc(OC(C)c2ccnc3nc(N)nn23)c1. The summed E-state index contributed by atoms with van der Waals surface area (Å²) < 4.78 is 12.7. The Bertz CT molecular complexity index is 771. The molecule has 7 heteroatoms. The van der Waals surface area contributed by atoms with Gasteiger partial charge in [-0.3, -0.25) is 0 Å². The number of ether oxygens (including phenoxy) is 2. The van der Waals surface area contributed by atoms with E-state index in [0.717, 1.165) is 11.4 Å². The van der Waals surface area contributed by atoms with Crippen LogP contribution in [0.5, 0.6) is 11.5 Å². The van der Waals surface area contributed by atoms with Crippen molar-refractivity contribution < 1.29 is 9.47 Å². The van der Waals surface area contributed by atoms with Crippen LogP contribution >= 0.6 is 0 Å². The van der Waals surface area contributed by atoms with Gasteiger partial charge in [-0.2, -0.15) is 9.50 Å². The molecule has 2 N–H and O–H groups in total. The molecule has 0 saturated carbocycles. The van der Waals surface area contributed by atoms with Gasteiger partial charge in [0.1, 0.15) is 17.6 Å². The van der Waals surface area contributed by atoms with E-state index in [2.05, 4.69) is 15.1 Å². The average molecular weight is 285 g/mol. The largest absolute Gasteiger partial charge is 0.497 e. The maximum atomic E-state index is 5.92. The smallest absolute Gasteiger partial charge is 0.254 e. The molecule has 0 amide bonds. The molecule has 7 nitrogen and oxygen atoms in total. The minimum atomic E-state index is -0.247. The van der Waals surface area contributed by atoms with Crippen LogP contribution in [0.3, 0.4) is 0 Å². The molecule has 0 saturated heterocycles. The number of hydrogen-bond acceptors (Lipinski definition) is 6. The summed E-state index contributed by atoms with van der Waals surface area (Å²) in [5, 5.41) is 4.13. The van der Waals surface area contributed by atoms with E-state index in [-0.39, 0.29) is 12.1 Å². The molecule has 1 unspecified atom stereocenters. The Kier molecular flexibility index (Phi) is 3.31. The highest BCUT2D eigenvalue weighted by Crippen LogP contribution is 2.25. The third kappa shape index (κ3) is 2.58. The van der Waals surface area contributed by atoms with Crippen molar-refractivity contribution in [3.8, 4) is 11.5 Å². The molecule has 0 radical (unpaired) electrons. The Morgan fingerprint density at radius 3 is 2.86 bits per heavy atom. The number of hydrogen-bond donors (Lipinski definition) is 1. The molecule has 0 fully saturated rings. The molecule has 0 bridgehead atoms. The zero-order chi connectivity index (χ0) is 14.8. The summed E-state index contributed by atoms with van der Waals surface area (Å²) in [5.74, 6) is 2.08. The standard InChI is InChI=1S/C14H15N5O2/c1-9(21-11-5-3-4-10(8-11)20-2)12-6-7-16-14-17-13(15)18-19(12)14/h3-9H,1-2H3,(H2,15,18). The van der Waals surface area contributed by atoms with Crippen molar-refractivity contribution in [2.75, 3.05) is 12.8 Å². The Morgan fingerprint density at radius 2 is 2.05 bits per heavy atom. The van der Waals surface area contributed by atoms with E-state index in [4.69, 9.17) is 15.2 Å². The molecular formula is C14H15N5O2. The molecule has 21 heavy (non-hydrogen) atoms. The van der Waals surface area contributed by atoms with Crippen molar-refractivity contribution in [1.29, 1.82) is 0 Å². The van der Waals surface area contributed by atoms with Gasteiger partial charge in [0, 0.05) is 12.3 Å². The van der Waals surface area contributed by atoms with Crippen LogP contribution in [0.25, 0.3) is 5.78 Å². The minimum absolute atomic E-state index is 0.184. The summed E-state index contributed by atoms with van der Waals surface area (Å²) in [5.41, 5.74) is 6.42. The van der Waals surface area contributed by atoms with Gasteiger partial charge in [0.05, 0.1) is 12.8 Å². The second kappa shape index (κ2) is 5.28. The van der Waals surface area contributed by atoms with E-state index in [0.29, 0.717) is 11.5 Å². The van der Waals surface area contributed by atoms with Gasteiger partial charge in [-0.15, -0.1) is 5.10 Å². The number of fused-ring (bicyclic) bond motifs is 1. The minimum Gasteiger partial charge on any atom is -0.497 e. The van der Waals surface area contributed by atoms with Gasteiger partial charge in [-0.25, -0.2) is 4.98 Å². The predicted octanol–water partition coefficient (Wildman–Crippen LogP) is 1.86. The Balaban J connectivity index is 1.91. The lowest BCUT2D eigenvalue weighted by Gasteiger charge is -2.15. The molecule has 0 spiro atoms. The number of nitrogens with zero attached hydrogens (tertiary/aromatic N) is 4. The van der Waals surface area contributed by atoms with E-state index in [1.165, 1.54) is 0 Å². The van der Waals surface area contributed by atoms with Gasteiger partial charge in [-0.1, -0.05) is 6.07 Å². The van der Waals surface area contributed by atoms with Gasteiger partial charge in [0.2, 0.25) is 5.95 Å². The van der Waals surface area contributed by atoms with Crippen LogP contribution in [0, 0.1) is 0 Å². The molecule has 0 aliphatic rings. The van der Waals surface area contributed by atoms with Crippen LogP contribution in [0.2, 0.25) is 0 Å². The van der Waals surface area contributed by atoms with E-state index in [1.54, 1.807) is 17.8 Å². The second-order valence-electron chi connectivity index (χ2n) is 4.49. The summed E-state index contributed by atoms with van der Waals surface area (Å²) in [7, 11) is 1.62. The third-order valence-corrected chi connectivity index (χ3v) is 3.06. The zero-order valence-corrected chi connectivity index (χ0v) is 11.7. The maximum absolute atomic E-state index is 5.92. The molecule has 0 aliphatic heterocycles.